The third-order valence-corrected chi connectivity index (χ3v) is 4.20. The molecule has 4 rings (SSSR count). The lowest BCUT2D eigenvalue weighted by molar-refractivity contribution is -0.137. The van der Waals surface area contributed by atoms with Crippen molar-refractivity contribution in [3.63, 3.8) is 0 Å². The average molecular weight is 365 g/mol. The van der Waals surface area contributed by atoms with Crippen molar-refractivity contribution in [1.29, 1.82) is 0 Å². The van der Waals surface area contributed by atoms with Gasteiger partial charge in [0.05, 0.1) is 17.5 Å². The summed E-state index contributed by atoms with van der Waals surface area (Å²) in [5, 5.41) is 2.17. The molecule has 5 heteroatoms. The average Bonchev–Trinajstić information content (AvgIpc) is 3.14. The normalized spacial score (nSPS) is 12.1. The van der Waals surface area contributed by atoms with Crippen molar-refractivity contribution in [3.8, 4) is 11.3 Å². The SMILES string of the molecule is FC(F)(F)c1ccccc1-c1ccc(C=Nc2ccc3ccccc3c2)o1. The molecule has 0 atom stereocenters. The summed E-state index contributed by atoms with van der Waals surface area (Å²) in [5.74, 6) is 0.540. The Morgan fingerprint density at radius 3 is 2.33 bits per heavy atom. The zero-order valence-corrected chi connectivity index (χ0v) is 14.1. The Labute approximate surface area is 153 Å². The van der Waals surface area contributed by atoms with E-state index in [-0.39, 0.29) is 11.3 Å². The molecule has 0 bridgehead atoms. The van der Waals surface area contributed by atoms with Crippen LogP contribution in [-0.4, -0.2) is 6.21 Å². The van der Waals surface area contributed by atoms with Gasteiger partial charge in [0.15, 0.2) is 0 Å². The van der Waals surface area contributed by atoms with Crippen LogP contribution in [0.2, 0.25) is 0 Å². The van der Waals surface area contributed by atoms with Gasteiger partial charge in [-0.3, -0.25) is 4.99 Å². The van der Waals surface area contributed by atoms with E-state index in [1.165, 1.54) is 24.4 Å². The highest BCUT2D eigenvalue weighted by Crippen LogP contribution is 2.37. The molecule has 2 nitrogen and oxygen atoms in total. The van der Waals surface area contributed by atoms with Crippen LogP contribution in [-0.2, 0) is 6.18 Å². The quantitative estimate of drug-likeness (QED) is 0.364. The molecule has 0 spiro atoms. The second-order valence-electron chi connectivity index (χ2n) is 6.04. The molecule has 0 saturated carbocycles. The predicted octanol–water partition coefficient (Wildman–Crippen LogP) is 6.87. The minimum atomic E-state index is -4.44. The molecule has 0 fully saturated rings. The maximum absolute atomic E-state index is 13.2. The lowest BCUT2D eigenvalue weighted by Gasteiger charge is -2.10. The maximum Gasteiger partial charge on any atom is 0.417 e. The molecular weight excluding hydrogens is 351 g/mol. The van der Waals surface area contributed by atoms with Crippen LogP contribution in [0.25, 0.3) is 22.1 Å². The summed E-state index contributed by atoms with van der Waals surface area (Å²) < 4.78 is 45.1. The van der Waals surface area contributed by atoms with Crippen LogP contribution in [0.1, 0.15) is 11.3 Å². The van der Waals surface area contributed by atoms with Crippen LogP contribution in [0.3, 0.4) is 0 Å². The minimum Gasteiger partial charge on any atom is -0.455 e. The van der Waals surface area contributed by atoms with Crippen LogP contribution in [0, 0.1) is 0 Å². The lowest BCUT2D eigenvalue weighted by Crippen LogP contribution is -2.06. The number of rotatable bonds is 3. The van der Waals surface area contributed by atoms with Crippen LogP contribution in [0.5, 0.6) is 0 Å². The Bertz CT molecular complexity index is 1130. The number of hydrogen-bond acceptors (Lipinski definition) is 2. The number of furan rings is 1. The van der Waals surface area contributed by atoms with Gasteiger partial charge in [0.1, 0.15) is 11.5 Å². The van der Waals surface area contributed by atoms with Crippen LogP contribution >= 0.6 is 0 Å². The Balaban J connectivity index is 1.62. The molecule has 4 aromatic rings. The number of hydrogen-bond donors (Lipinski definition) is 0. The second kappa shape index (κ2) is 6.76. The van der Waals surface area contributed by atoms with Gasteiger partial charge in [0, 0.05) is 5.56 Å². The zero-order valence-electron chi connectivity index (χ0n) is 14.1. The molecule has 1 aromatic heterocycles. The van der Waals surface area contributed by atoms with Crippen molar-refractivity contribution in [3.05, 3.63) is 90.2 Å². The van der Waals surface area contributed by atoms with E-state index in [1.54, 1.807) is 12.1 Å². The number of benzene rings is 3. The van der Waals surface area contributed by atoms with Crippen LogP contribution < -0.4 is 0 Å². The van der Waals surface area contributed by atoms with Gasteiger partial charge >= 0.3 is 6.18 Å². The number of nitrogens with zero attached hydrogens (tertiary/aromatic N) is 1. The highest BCUT2D eigenvalue weighted by atomic mass is 19.4. The summed E-state index contributed by atoms with van der Waals surface area (Å²) in [6.45, 7) is 0. The van der Waals surface area contributed by atoms with E-state index in [9.17, 15) is 13.2 Å². The van der Waals surface area contributed by atoms with E-state index in [0.717, 1.165) is 22.5 Å². The van der Waals surface area contributed by atoms with Crippen molar-refractivity contribution in [1.82, 2.24) is 0 Å². The highest BCUT2D eigenvalue weighted by Gasteiger charge is 2.34. The first-order valence-electron chi connectivity index (χ1n) is 8.30. The number of alkyl halides is 3. The summed E-state index contributed by atoms with van der Waals surface area (Å²) in [4.78, 5) is 4.36. The van der Waals surface area contributed by atoms with E-state index in [4.69, 9.17) is 4.42 Å². The Kier molecular flexibility index (Phi) is 4.28. The van der Waals surface area contributed by atoms with E-state index in [0.29, 0.717) is 5.76 Å². The van der Waals surface area contributed by atoms with E-state index < -0.39 is 11.7 Å². The summed E-state index contributed by atoms with van der Waals surface area (Å²) in [6, 6.07) is 22.2. The van der Waals surface area contributed by atoms with Crippen molar-refractivity contribution in [2.24, 2.45) is 4.99 Å². The molecule has 0 unspecified atom stereocenters. The molecule has 27 heavy (non-hydrogen) atoms. The Hall–Kier alpha value is -3.34. The van der Waals surface area contributed by atoms with Crippen LogP contribution in [0.4, 0.5) is 18.9 Å². The topological polar surface area (TPSA) is 25.5 Å². The summed E-state index contributed by atoms with van der Waals surface area (Å²) in [5.41, 5.74) is 0.0232. The van der Waals surface area contributed by atoms with Crippen molar-refractivity contribution in [2.75, 3.05) is 0 Å². The lowest BCUT2D eigenvalue weighted by atomic mass is 10.1. The summed E-state index contributed by atoms with van der Waals surface area (Å²) in [6.07, 6.45) is -2.94. The van der Waals surface area contributed by atoms with Crippen molar-refractivity contribution < 1.29 is 17.6 Å². The first-order valence-corrected chi connectivity index (χ1v) is 8.30. The standard InChI is InChI=1S/C22H14F3NO/c23-22(24,25)20-8-4-3-7-19(20)21-12-11-18(27-21)14-26-17-10-9-15-5-1-2-6-16(15)13-17/h1-14H. The third kappa shape index (κ3) is 3.62. The highest BCUT2D eigenvalue weighted by molar-refractivity contribution is 5.87. The molecule has 134 valence electrons. The van der Waals surface area contributed by atoms with Gasteiger partial charge in [-0.2, -0.15) is 13.2 Å². The van der Waals surface area contributed by atoms with Gasteiger partial charge < -0.3 is 4.42 Å². The Morgan fingerprint density at radius 1 is 0.778 bits per heavy atom. The molecule has 0 aliphatic heterocycles. The Morgan fingerprint density at radius 2 is 1.52 bits per heavy atom. The maximum atomic E-state index is 13.2. The van der Waals surface area contributed by atoms with Gasteiger partial charge in [-0.1, -0.05) is 48.5 Å². The fourth-order valence-electron chi connectivity index (χ4n) is 2.91. The van der Waals surface area contributed by atoms with Crippen molar-refractivity contribution >= 4 is 22.7 Å². The fourth-order valence-corrected chi connectivity index (χ4v) is 2.91. The molecule has 0 N–H and O–H groups in total. The van der Waals surface area contributed by atoms with E-state index >= 15 is 0 Å². The predicted molar refractivity (Wildman–Crippen MR) is 100 cm³/mol. The second-order valence-corrected chi connectivity index (χ2v) is 6.04. The molecular formula is C22H14F3NO. The smallest absolute Gasteiger partial charge is 0.417 e. The molecule has 0 amide bonds. The molecule has 0 aliphatic rings. The number of halogens is 3. The van der Waals surface area contributed by atoms with E-state index in [2.05, 4.69) is 4.99 Å². The molecule has 0 saturated heterocycles. The number of fused-ring (bicyclic) bond motifs is 1. The summed E-state index contributed by atoms with van der Waals surface area (Å²) >= 11 is 0. The third-order valence-electron chi connectivity index (χ3n) is 4.20. The monoisotopic (exact) mass is 365 g/mol. The molecule has 3 aromatic carbocycles. The number of aliphatic imine (C=N–C) groups is 1. The summed E-state index contributed by atoms with van der Waals surface area (Å²) in [7, 11) is 0. The minimum absolute atomic E-state index is 0.00959. The van der Waals surface area contributed by atoms with Gasteiger partial charge in [0.2, 0.25) is 0 Å². The first kappa shape index (κ1) is 17.1. The van der Waals surface area contributed by atoms with Gasteiger partial charge in [-0.25, -0.2) is 0 Å². The first-order chi connectivity index (χ1) is 13.0. The van der Waals surface area contributed by atoms with Crippen LogP contribution in [0.15, 0.2) is 88.3 Å². The zero-order chi connectivity index (χ0) is 18.9. The molecule has 0 aliphatic carbocycles. The molecule has 0 radical (unpaired) electrons. The van der Waals surface area contributed by atoms with Gasteiger partial charge in [-0.05, 0) is 41.1 Å². The largest absolute Gasteiger partial charge is 0.455 e. The molecule has 1 heterocycles. The van der Waals surface area contributed by atoms with E-state index in [1.807, 2.05) is 42.5 Å². The van der Waals surface area contributed by atoms with Crippen molar-refractivity contribution in [2.45, 2.75) is 6.18 Å². The fraction of sp³-hybridized carbons (Fsp3) is 0.0455. The van der Waals surface area contributed by atoms with Gasteiger partial charge in [-0.15, -0.1) is 0 Å². The van der Waals surface area contributed by atoms with Gasteiger partial charge in [0.25, 0.3) is 0 Å².